The first-order chi connectivity index (χ1) is 13.7. The summed E-state index contributed by atoms with van der Waals surface area (Å²) in [4.78, 5) is 34.3. The third kappa shape index (κ3) is 3.04. The molecule has 1 aromatic heterocycles. The molecule has 2 amide bonds. The van der Waals surface area contributed by atoms with E-state index in [1.807, 2.05) is 16.0 Å². The van der Waals surface area contributed by atoms with Crippen molar-refractivity contribution in [3.05, 3.63) is 18.2 Å². The van der Waals surface area contributed by atoms with Gasteiger partial charge < -0.3 is 19.1 Å². The predicted molar refractivity (Wildman–Crippen MR) is 102 cm³/mol. The van der Waals surface area contributed by atoms with Gasteiger partial charge in [0, 0.05) is 57.3 Å². The summed E-state index contributed by atoms with van der Waals surface area (Å²) in [5.41, 5.74) is -0.547. The second kappa shape index (κ2) is 7.17. The molecule has 2 saturated heterocycles. The Hall–Kier alpha value is -1.89. The summed E-state index contributed by atoms with van der Waals surface area (Å²) in [5.74, 6) is 1.58. The molecule has 0 unspecified atom stereocenters. The summed E-state index contributed by atoms with van der Waals surface area (Å²) < 4.78 is 8.63. The van der Waals surface area contributed by atoms with Crippen LogP contribution in [0.1, 0.15) is 57.2 Å². The quantitative estimate of drug-likeness (QED) is 0.779. The highest BCUT2D eigenvalue weighted by Crippen LogP contribution is 2.41. The number of imidazole rings is 1. The van der Waals surface area contributed by atoms with E-state index in [9.17, 15) is 9.59 Å². The smallest absolute Gasteiger partial charge is 0.253 e. The molecule has 1 aliphatic carbocycles. The van der Waals surface area contributed by atoms with E-state index in [0.717, 1.165) is 44.6 Å². The van der Waals surface area contributed by atoms with Crippen molar-refractivity contribution in [1.82, 2.24) is 19.4 Å². The second-order valence-electron chi connectivity index (χ2n) is 8.84. The Labute approximate surface area is 166 Å². The molecule has 0 radical (unpaired) electrons. The van der Waals surface area contributed by atoms with E-state index in [0.29, 0.717) is 38.4 Å². The number of likely N-dealkylation sites (tertiary alicyclic amines) is 2. The van der Waals surface area contributed by atoms with E-state index in [-0.39, 0.29) is 11.8 Å². The lowest BCUT2D eigenvalue weighted by Gasteiger charge is -2.47. The lowest BCUT2D eigenvalue weighted by Crippen LogP contribution is -2.56. The lowest BCUT2D eigenvalue weighted by atomic mass is 9.82. The fraction of sp³-hybridized carbons (Fsp3) is 0.762. The minimum atomic E-state index is -0.547. The van der Waals surface area contributed by atoms with Crippen molar-refractivity contribution in [1.29, 1.82) is 0 Å². The van der Waals surface area contributed by atoms with Crippen molar-refractivity contribution in [2.45, 2.75) is 69.6 Å². The van der Waals surface area contributed by atoms with Crippen LogP contribution in [0.4, 0.5) is 0 Å². The van der Waals surface area contributed by atoms with E-state index in [2.05, 4.69) is 9.55 Å². The molecule has 1 aromatic rings. The lowest BCUT2D eigenvalue weighted by molar-refractivity contribution is -0.184. The van der Waals surface area contributed by atoms with E-state index in [1.165, 1.54) is 12.8 Å². The Balaban J connectivity index is 1.32. The van der Waals surface area contributed by atoms with Gasteiger partial charge in [0.15, 0.2) is 6.10 Å². The molecule has 3 aliphatic heterocycles. The van der Waals surface area contributed by atoms with Crippen LogP contribution in [-0.2, 0) is 26.5 Å². The first kappa shape index (κ1) is 18.2. The average Bonchev–Trinajstić information content (AvgIpc) is 3.17. The zero-order chi connectivity index (χ0) is 19.1. The third-order valence-electron chi connectivity index (χ3n) is 7.13. The molecular weight excluding hydrogens is 356 g/mol. The normalized spacial score (nSPS) is 27.4. The maximum Gasteiger partial charge on any atom is 0.253 e. The summed E-state index contributed by atoms with van der Waals surface area (Å²) in [6.45, 7) is 3.59. The number of nitrogens with zero attached hydrogens (tertiary/aromatic N) is 4. The van der Waals surface area contributed by atoms with Crippen LogP contribution in [0.25, 0.3) is 0 Å². The van der Waals surface area contributed by atoms with Gasteiger partial charge in [0.05, 0.1) is 6.54 Å². The largest absolute Gasteiger partial charge is 0.352 e. The van der Waals surface area contributed by atoms with Gasteiger partial charge in [-0.25, -0.2) is 4.98 Å². The van der Waals surface area contributed by atoms with E-state index in [4.69, 9.17) is 4.74 Å². The Bertz CT molecular complexity index is 743. The Morgan fingerprint density at radius 1 is 0.964 bits per heavy atom. The standard InChI is InChI=1S/C21H30N4O3/c26-18(16-5-4-6-16)24-12-7-21(8-13-24)20-22-9-14-25(20)15-17(28-21)19(27)23-10-2-1-3-11-23/h9,14,16-17H,1-8,10-13,15H2/t17-/m0/s1. The van der Waals surface area contributed by atoms with E-state index >= 15 is 0 Å². The molecule has 7 heteroatoms. The molecule has 28 heavy (non-hydrogen) atoms. The minimum absolute atomic E-state index is 0.117. The molecule has 4 aliphatic rings. The van der Waals surface area contributed by atoms with Crippen LogP contribution in [0, 0.1) is 5.92 Å². The molecule has 0 bridgehead atoms. The highest BCUT2D eigenvalue weighted by atomic mass is 16.5. The first-order valence-electron chi connectivity index (χ1n) is 10.9. The first-order valence-corrected chi connectivity index (χ1v) is 10.9. The van der Waals surface area contributed by atoms with Gasteiger partial charge in [-0.15, -0.1) is 0 Å². The fourth-order valence-electron chi connectivity index (χ4n) is 5.19. The van der Waals surface area contributed by atoms with Gasteiger partial charge in [-0.1, -0.05) is 6.42 Å². The van der Waals surface area contributed by atoms with Crippen molar-refractivity contribution in [2.75, 3.05) is 26.2 Å². The molecule has 3 fully saturated rings. The van der Waals surface area contributed by atoms with Crippen LogP contribution >= 0.6 is 0 Å². The number of amides is 2. The topological polar surface area (TPSA) is 67.7 Å². The Kier molecular flexibility index (Phi) is 4.65. The molecule has 4 heterocycles. The number of hydrogen-bond donors (Lipinski definition) is 0. The SMILES string of the molecule is O=C(C1CCC1)N1CCC2(CC1)O[C@H](C(=O)N1CCCCC1)Cn1ccnc12. The van der Waals surface area contributed by atoms with Crippen LogP contribution in [0.5, 0.6) is 0 Å². The molecular formula is C21H30N4O3. The molecule has 1 spiro atoms. The molecule has 1 atom stereocenters. The zero-order valence-corrected chi connectivity index (χ0v) is 16.5. The van der Waals surface area contributed by atoms with Crippen molar-refractivity contribution in [3.63, 3.8) is 0 Å². The van der Waals surface area contributed by atoms with Crippen molar-refractivity contribution in [2.24, 2.45) is 5.92 Å². The third-order valence-corrected chi connectivity index (χ3v) is 7.13. The van der Waals surface area contributed by atoms with Gasteiger partial charge in [0.25, 0.3) is 5.91 Å². The van der Waals surface area contributed by atoms with Gasteiger partial charge in [-0.05, 0) is 32.1 Å². The monoisotopic (exact) mass is 386 g/mol. The van der Waals surface area contributed by atoms with Crippen LogP contribution in [0.2, 0.25) is 0 Å². The number of carbonyl (C=O) groups is 2. The maximum atomic E-state index is 13.1. The second-order valence-corrected chi connectivity index (χ2v) is 8.84. The van der Waals surface area contributed by atoms with Gasteiger partial charge >= 0.3 is 0 Å². The number of rotatable bonds is 2. The van der Waals surface area contributed by atoms with Crippen LogP contribution in [0.15, 0.2) is 12.4 Å². The molecule has 5 rings (SSSR count). The van der Waals surface area contributed by atoms with Gasteiger partial charge in [-0.3, -0.25) is 9.59 Å². The summed E-state index contributed by atoms with van der Waals surface area (Å²) in [6, 6.07) is 0. The number of piperidine rings is 2. The summed E-state index contributed by atoms with van der Waals surface area (Å²) in [7, 11) is 0. The number of fused-ring (bicyclic) bond motifs is 2. The van der Waals surface area contributed by atoms with E-state index < -0.39 is 11.7 Å². The summed E-state index contributed by atoms with van der Waals surface area (Å²) in [6.07, 6.45) is 11.4. The Morgan fingerprint density at radius 3 is 2.36 bits per heavy atom. The molecule has 0 N–H and O–H groups in total. The molecule has 1 saturated carbocycles. The number of hydrogen-bond acceptors (Lipinski definition) is 4. The maximum absolute atomic E-state index is 13.1. The molecule has 7 nitrogen and oxygen atoms in total. The summed E-state index contributed by atoms with van der Waals surface area (Å²) >= 11 is 0. The molecule has 0 aromatic carbocycles. The predicted octanol–water partition coefficient (Wildman–Crippen LogP) is 1.91. The van der Waals surface area contributed by atoms with E-state index in [1.54, 1.807) is 6.20 Å². The average molecular weight is 386 g/mol. The highest BCUT2D eigenvalue weighted by molar-refractivity contribution is 5.81. The minimum Gasteiger partial charge on any atom is -0.352 e. The van der Waals surface area contributed by atoms with Crippen LogP contribution in [-0.4, -0.2) is 63.4 Å². The van der Waals surface area contributed by atoms with Crippen molar-refractivity contribution >= 4 is 11.8 Å². The fourth-order valence-corrected chi connectivity index (χ4v) is 5.19. The number of carbonyl (C=O) groups excluding carboxylic acids is 2. The molecule has 152 valence electrons. The summed E-state index contributed by atoms with van der Waals surface area (Å²) in [5, 5.41) is 0. The number of ether oxygens (including phenoxy) is 1. The number of aromatic nitrogens is 2. The highest BCUT2D eigenvalue weighted by Gasteiger charge is 2.48. The Morgan fingerprint density at radius 2 is 1.68 bits per heavy atom. The van der Waals surface area contributed by atoms with Gasteiger partial charge in [0.1, 0.15) is 11.4 Å². The van der Waals surface area contributed by atoms with Gasteiger partial charge in [-0.2, -0.15) is 0 Å². The van der Waals surface area contributed by atoms with Gasteiger partial charge in [0.2, 0.25) is 5.91 Å². The van der Waals surface area contributed by atoms with Crippen LogP contribution in [0.3, 0.4) is 0 Å². The van der Waals surface area contributed by atoms with Crippen molar-refractivity contribution < 1.29 is 14.3 Å². The van der Waals surface area contributed by atoms with Crippen molar-refractivity contribution in [3.8, 4) is 0 Å². The zero-order valence-electron chi connectivity index (χ0n) is 16.5. The van der Waals surface area contributed by atoms with Crippen LogP contribution < -0.4 is 0 Å².